The Labute approximate surface area is 94.7 Å². The predicted octanol–water partition coefficient (Wildman–Crippen LogP) is 3.02. The van der Waals surface area contributed by atoms with Crippen molar-refractivity contribution in [2.75, 3.05) is 12.0 Å². The van der Waals surface area contributed by atoms with E-state index in [-0.39, 0.29) is 0 Å². The molecule has 3 heteroatoms. The molecule has 0 N–H and O–H groups in total. The average molecular weight is 220 g/mol. The normalized spacial score (nSPS) is 11.1. The van der Waals surface area contributed by atoms with Crippen LogP contribution in [0.25, 0.3) is 11.0 Å². The van der Waals surface area contributed by atoms with Crippen LogP contribution in [0.3, 0.4) is 0 Å². The summed E-state index contributed by atoms with van der Waals surface area (Å²) in [6.45, 7) is 5.33. The van der Waals surface area contributed by atoms with Crippen molar-refractivity contribution in [3.63, 3.8) is 0 Å². The molecule has 80 valence electrons. The van der Waals surface area contributed by atoms with Crippen LogP contribution in [0.2, 0.25) is 0 Å². The summed E-state index contributed by atoms with van der Waals surface area (Å²) in [5.74, 6) is 1.14. The molecule has 2 rings (SSSR count). The fourth-order valence-corrected chi connectivity index (χ4v) is 2.06. The summed E-state index contributed by atoms with van der Waals surface area (Å²) in [4.78, 5) is 4.43. The lowest BCUT2D eigenvalue weighted by Crippen LogP contribution is -1.98. The van der Waals surface area contributed by atoms with Gasteiger partial charge in [-0.15, -0.1) is 0 Å². The molecule has 0 amide bonds. The topological polar surface area (TPSA) is 17.8 Å². The smallest absolute Gasteiger partial charge is 0.0958 e. The van der Waals surface area contributed by atoms with Crippen LogP contribution in [0.1, 0.15) is 11.1 Å². The van der Waals surface area contributed by atoms with E-state index >= 15 is 0 Å². The molecular formula is C12H16N2S. The van der Waals surface area contributed by atoms with Gasteiger partial charge in [-0.05, 0) is 43.4 Å². The third-order valence-corrected chi connectivity index (χ3v) is 3.36. The Morgan fingerprint density at radius 3 is 2.73 bits per heavy atom. The number of nitrogens with zero attached hydrogens (tertiary/aromatic N) is 2. The van der Waals surface area contributed by atoms with Crippen molar-refractivity contribution in [2.24, 2.45) is 0 Å². The molecule has 1 aromatic carbocycles. The van der Waals surface area contributed by atoms with Gasteiger partial charge in [-0.3, -0.25) is 0 Å². The molecule has 0 fully saturated rings. The molecule has 0 saturated carbocycles. The monoisotopic (exact) mass is 220 g/mol. The number of benzene rings is 1. The summed E-state index contributed by atoms with van der Waals surface area (Å²) in [6.07, 6.45) is 4.08. The quantitative estimate of drug-likeness (QED) is 0.791. The average Bonchev–Trinajstić information content (AvgIpc) is 2.59. The van der Waals surface area contributed by atoms with Gasteiger partial charge in [-0.25, -0.2) is 4.98 Å². The second-order valence-electron chi connectivity index (χ2n) is 3.86. The minimum absolute atomic E-state index is 1.04. The van der Waals surface area contributed by atoms with Crippen molar-refractivity contribution in [1.82, 2.24) is 9.55 Å². The van der Waals surface area contributed by atoms with E-state index < -0.39 is 0 Å². The van der Waals surface area contributed by atoms with Crippen LogP contribution in [0.4, 0.5) is 0 Å². The van der Waals surface area contributed by atoms with Gasteiger partial charge in [0.05, 0.1) is 17.4 Å². The Kier molecular flexibility index (Phi) is 3.00. The Balaban J connectivity index is 2.45. The van der Waals surface area contributed by atoms with Crippen LogP contribution >= 0.6 is 11.8 Å². The summed E-state index contributed by atoms with van der Waals surface area (Å²) in [5.41, 5.74) is 5.03. The lowest BCUT2D eigenvalue weighted by Gasteiger charge is -2.04. The summed E-state index contributed by atoms with van der Waals surface area (Å²) in [7, 11) is 0. The minimum Gasteiger partial charge on any atom is -0.330 e. The number of thioether (sulfide) groups is 1. The molecule has 0 unspecified atom stereocenters. The molecule has 0 spiro atoms. The molecule has 0 atom stereocenters. The zero-order valence-corrected chi connectivity index (χ0v) is 10.3. The predicted molar refractivity (Wildman–Crippen MR) is 67.6 cm³/mol. The number of fused-ring (bicyclic) bond motifs is 1. The standard InChI is InChI=1S/C12H16N2S/c1-9-6-11-12(7-10(9)2)14(8-13-11)4-5-15-3/h6-8H,4-5H2,1-3H3. The molecule has 0 saturated heterocycles. The number of imidazole rings is 1. The van der Waals surface area contributed by atoms with Crippen molar-refractivity contribution in [1.29, 1.82) is 0 Å². The van der Waals surface area contributed by atoms with E-state index in [4.69, 9.17) is 0 Å². The van der Waals surface area contributed by atoms with Crippen LogP contribution in [0.15, 0.2) is 18.5 Å². The van der Waals surface area contributed by atoms with E-state index in [1.807, 2.05) is 18.1 Å². The van der Waals surface area contributed by atoms with Gasteiger partial charge in [0.2, 0.25) is 0 Å². The Hall–Kier alpha value is -0.960. The third-order valence-electron chi connectivity index (χ3n) is 2.77. The number of hydrogen-bond acceptors (Lipinski definition) is 2. The van der Waals surface area contributed by atoms with E-state index in [0.717, 1.165) is 17.8 Å². The lowest BCUT2D eigenvalue weighted by molar-refractivity contribution is 0.797. The van der Waals surface area contributed by atoms with E-state index in [2.05, 4.69) is 41.8 Å². The summed E-state index contributed by atoms with van der Waals surface area (Å²) >= 11 is 1.87. The molecule has 0 aliphatic rings. The molecule has 1 heterocycles. The molecule has 0 aliphatic carbocycles. The first-order valence-corrected chi connectivity index (χ1v) is 6.53. The van der Waals surface area contributed by atoms with Crippen LogP contribution in [0, 0.1) is 13.8 Å². The fourth-order valence-electron chi connectivity index (χ4n) is 1.68. The molecule has 15 heavy (non-hydrogen) atoms. The number of aromatic nitrogens is 2. The molecule has 1 aromatic heterocycles. The summed E-state index contributed by atoms with van der Waals surface area (Å²) in [5, 5.41) is 0. The Morgan fingerprint density at radius 1 is 1.27 bits per heavy atom. The maximum absolute atomic E-state index is 4.43. The number of aryl methyl sites for hydroxylation is 3. The number of rotatable bonds is 3. The molecular weight excluding hydrogens is 204 g/mol. The first-order valence-electron chi connectivity index (χ1n) is 5.13. The highest BCUT2D eigenvalue weighted by Gasteiger charge is 2.04. The van der Waals surface area contributed by atoms with Crippen molar-refractivity contribution in [2.45, 2.75) is 20.4 Å². The second kappa shape index (κ2) is 4.27. The SMILES string of the molecule is CSCCn1cnc2cc(C)c(C)cc21. The van der Waals surface area contributed by atoms with Gasteiger partial charge in [0.25, 0.3) is 0 Å². The van der Waals surface area contributed by atoms with E-state index in [1.165, 1.54) is 16.6 Å². The molecule has 2 nitrogen and oxygen atoms in total. The maximum atomic E-state index is 4.43. The van der Waals surface area contributed by atoms with Gasteiger partial charge in [-0.1, -0.05) is 0 Å². The highest BCUT2D eigenvalue weighted by Crippen LogP contribution is 2.18. The highest BCUT2D eigenvalue weighted by molar-refractivity contribution is 7.98. The van der Waals surface area contributed by atoms with Crippen molar-refractivity contribution in [3.05, 3.63) is 29.6 Å². The summed E-state index contributed by atoms with van der Waals surface area (Å²) in [6, 6.07) is 4.40. The zero-order valence-electron chi connectivity index (χ0n) is 9.45. The van der Waals surface area contributed by atoms with Crippen molar-refractivity contribution >= 4 is 22.8 Å². The first kappa shape index (κ1) is 10.6. The summed E-state index contributed by atoms with van der Waals surface area (Å²) < 4.78 is 2.23. The van der Waals surface area contributed by atoms with Gasteiger partial charge < -0.3 is 4.57 Å². The largest absolute Gasteiger partial charge is 0.330 e. The molecule has 0 bridgehead atoms. The van der Waals surface area contributed by atoms with Crippen LogP contribution in [0.5, 0.6) is 0 Å². The number of hydrogen-bond donors (Lipinski definition) is 0. The Morgan fingerprint density at radius 2 is 2.00 bits per heavy atom. The lowest BCUT2D eigenvalue weighted by atomic mass is 10.1. The van der Waals surface area contributed by atoms with Gasteiger partial charge in [0.1, 0.15) is 0 Å². The van der Waals surface area contributed by atoms with Crippen LogP contribution in [-0.4, -0.2) is 21.6 Å². The van der Waals surface area contributed by atoms with Crippen LogP contribution < -0.4 is 0 Å². The van der Waals surface area contributed by atoms with Gasteiger partial charge in [-0.2, -0.15) is 11.8 Å². The molecule has 0 radical (unpaired) electrons. The first-order chi connectivity index (χ1) is 7.22. The van der Waals surface area contributed by atoms with Gasteiger partial charge in [0, 0.05) is 12.3 Å². The molecule has 0 aliphatic heterocycles. The van der Waals surface area contributed by atoms with Gasteiger partial charge in [0.15, 0.2) is 0 Å². The van der Waals surface area contributed by atoms with E-state index in [9.17, 15) is 0 Å². The van der Waals surface area contributed by atoms with Gasteiger partial charge >= 0.3 is 0 Å². The van der Waals surface area contributed by atoms with Crippen molar-refractivity contribution < 1.29 is 0 Å². The minimum atomic E-state index is 1.04. The van der Waals surface area contributed by atoms with Crippen LogP contribution in [-0.2, 0) is 6.54 Å². The van der Waals surface area contributed by atoms with Crippen molar-refractivity contribution in [3.8, 4) is 0 Å². The molecule has 2 aromatic rings. The maximum Gasteiger partial charge on any atom is 0.0958 e. The van der Waals surface area contributed by atoms with E-state index in [0.29, 0.717) is 0 Å². The highest BCUT2D eigenvalue weighted by atomic mass is 32.2. The van der Waals surface area contributed by atoms with E-state index in [1.54, 1.807) is 0 Å². The second-order valence-corrected chi connectivity index (χ2v) is 4.84. The third kappa shape index (κ3) is 2.02. The zero-order chi connectivity index (χ0) is 10.8. The Bertz CT molecular complexity index is 474. The fraction of sp³-hybridized carbons (Fsp3) is 0.417.